The average Bonchev–Trinajstić information content (AvgIpc) is 2.63. The lowest BCUT2D eigenvalue weighted by Crippen LogP contribution is -2.40. The smallest absolute Gasteiger partial charge is 0.313 e. The van der Waals surface area contributed by atoms with Crippen LogP contribution in [0.15, 0.2) is 48.8 Å². The number of aromatic nitrogens is 1. The lowest BCUT2D eigenvalue weighted by molar-refractivity contribution is -0.143. The molecule has 0 unspecified atom stereocenters. The van der Waals surface area contributed by atoms with Gasteiger partial charge in [0.15, 0.2) is 0 Å². The summed E-state index contributed by atoms with van der Waals surface area (Å²) in [6, 6.07) is 9.78. The summed E-state index contributed by atoms with van der Waals surface area (Å²) >= 11 is 0. The number of carbonyl (C=O) groups excluding carboxylic acids is 3. The molecule has 1 aromatic carbocycles. The van der Waals surface area contributed by atoms with Crippen molar-refractivity contribution in [3.63, 3.8) is 0 Å². The molecule has 0 aliphatic rings. The number of nitrogens with zero attached hydrogens (tertiary/aromatic N) is 2. The number of anilines is 1. The van der Waals surface area contributed by atoms with Gasteiger partial charge in [-0.15, -0.1) is 0 Å². The van der Waals surface area contributed by atoms with Gasteiger partial charge < -0.3 is 16.0 Å². The molecular weight excluding hydrogens is 320 g/mol. The standard InChI is InChI=1S/C18H20N4O3/c1-2-22(12-9-13-7-10-20-11-8-13)18(25)17(24)21-15-5-3-14(4-6-15)16(19)23/h3-8,10-11H,2,9,12H2,1H3,(H2,19,23)(H,21,24). The number of hydrogen-bond donors (Lipinski definition) is 2. The number of primary amides is 1. The van der Waals surface area contributed by atoms with E-state index in [0.29, 0.717) is 30.8 Å². The Morgan fingerprint density at radius 1 is 1.08 bits per heavy atom. The van der Waals surface area contributed by atoms with E-state index in [4.69, 9.17) is 5.73 Å². The molecular formula is C18H20N4O3. The maximum absolute atomic E-state index is 12.3. The second kappa shape index (κ2) is 8.58. The van der Waals surface area contributed by atoms with E-state index < -0.39 is 17.7 Å². The van der Waals surface area contributed by atoms with Crippen LogP contribution in [0.5, 0.6) is 0 Å². The lowest BCUT2D eigenvalue weighted by atomic mass is 10.2. The Kier molecular flexibility index (Phi) is 6.22. The molecule has 0 aliphatic carbocycles. The summed E-state index contributed by atoms with van der Waals surface area (Å²) in [5, 5.41) is 2.53. The van der Waals surface area contributed by atoms with E-state index in [0.717, 1.165) is 5.56 Å². The van der Waals surface area contributed by atoms with Gasteiger partial charge in [0, 0.05) is 36.7 Å². The lowest BCUT2D eigenvalue weighted by Gasteiger charge is -2.20. The highest BCUT2D eigenvalue weighted by molar-refractivity contribution is 6.39. The Balaban J connectivity index is 1.94. The molecule has 1 aromatic heterocycles. The van der Waals surface area contributed by atoms with Crippen LogP contribution in [0.3, 0.4) is 0 Å². The van der Waals surface area contributed by atoms with Crippen molar-refractivity contribution in [1.82, 2.24) is 9.88 Å². The minimum atomic E-state index is -0.719. The Morgan fingerprint density at radius 2 is 1.72 bits per heavy atom. The van der Waals surface area contributed by atoms with Crippen molar-refractivity contribution in [2.24, 2.45) is 5.73 Å². The van der Waals surface area contributed by atoms with Crippen molar-refractivity contribution in [2.75, 3.05) is 18.4 Å². The van der Waals surface area contributed by atoms with Crippen molar-refractivity contribution in [3.8, 4) is 0 Å². The number of carbonyl (C=O) groups is 3. The van der Waals surface area contributed by atoms with Gasteiger partial charge in [0.05, 0.1) is 0 Å². The van der Waals surface area contributed by atoms with Crippen molar-refractivity contribution in [3.05, 3.63) is 59.9 Å². The van der Waals surface area contributed by atoms with E-state index in [2.05, 4.69) is 10.3 Å². The molecule has 0 fully saturated rings. The van der Waals surface area contributed by atoms with Crippen molar-refractivity contribution in [1.29, 1.82) is 0 Å². The van der Waals surface area contributed by atoms with Crippen LogP contribution >= 0.6 is 0 Å². The van der Waals surface area contributed by atoms with Crippen molar-refractivity contribution >= 4 is 23.4 Å². The molecule has 0 aliphatic heterocycles. The molecule has 3 amide bonds. The third-order valence-electron chi connectivity index (χ3n) is 3.71. The molecule has 0 spiro atoms. The van der Waals surface area contributed by atoms with Crippen LogP contribution in [0, 0.1) is 0 Å². The Bertz CT molecular complexity index is 745. The second-order valence-corrected chi connectivity index (χ2v) is 5.39. The quantitative estimate of drug-likeness (QED) is 0.771. The minimum Gasteiger partial charge on any atom is -0.366 e. The van der Waals surface area contributed by atoms with Crippen LogP contribution in [0.1, 0.15) is 22.8 Å². The maximum Gasteiger partial charge on any atom is 0.313 e. The molecule has 25 heavy (non-hydrogen) atoms. The molecule has 0 atom stereocenters. The molecule has 0 saturated heterocycles. The zero-order valence-corrected chi connectivity index (χ0v) is 13.9. The highest BCUT2D eigenvalue weighted by Gasteiger charge is 2.20. The predicted molar refractivity (Wildman–Crippen MR) is 93.8 cm³/mol. The molecule has 2 aromatic rings. The van der Waals surface area contributed by atoms with Gasteiger partial charge in [-0.3, -0.25) is 19.4 Å². The number of hydrogen-bond acceptors (Lipinski definition) is 4. The second-order valence-electron chi connectivity index (χ2n) is 5.39. The van der Waals surface area contributed by atoms with Crippen LogP contribution in [-0.2, 0) is 16.0 Å². The molecule has 0 saturated carbocycles. The molecule has 3 N–H and O–H groups in total. The van der Waals surface area contributed by atoms with Gasteiger partial charge in [-0.1, -0.05) is 0 Å². The fourth-order valence-electron chi connectivity index (χ4n) is 2.26. The summed E-state index contributed by atoms with van der Waals surface area (Å²) in [7, 11) is 0. The monoisotopic (exact) mass is 340 g/mol. The molecule has 1 heterocycles. The van der Waals surface area contributed by atoms with Crippen LogP contribution in [0.2, 0.25) is 0 Å². The van der Waals surface area contributed by atoms with Crippen LogP contribution < -0.4 is 11.1 Å². The number of rotatable bonds is 6. The zero-order valence-electron chi connectivity index (χ0n) is 13.9. The summed E-state index contributed by atoms with van der Waals surface area (Å²) in [6.07, 6.45) is 4.02. The summed E-state index contributed by atoms with van der Waals surface area (Å²) in [4.78, 5) is 40.9. The van der Waals surface area contributed by atoms with Gasteiger partial charge in [0.2, 0.25) is 5.91 Å². The fourth-order valence-corrected chi connectivity index (χ4v) is 2.26. The normalized spacial score (nSPS) is 10.1. The predicted octanol–water partition coefficient (Wildman–Crippen LogP) is 1.21. The average molecular weight is 340 g/mol. The van der Waals surface area contributed by atoms with E-state index in [1.54, 1.807) is 12.4 Å². The summed E-state index contributed by atoms with van der Waals surface area (Å²) in [5.41, 5.74) is 6.96. The van der Waals surface area contributed by atoms with Crippen molar-refractivity contribution < 1.29 is 14.4 Å². The minimum absolute atomic E-state index is 0.330. The molecule has 0 bridgehead atoms. The molecule has 130 valence electrons. The van der Waals surface area contributed by atoms with Gasteiger partial charge in [-0.2, -0.15) is 0 Å². The maximum atomic E-state index is 12.3. The Morgan fingerprint density at radius 3 is 2.28 bits per heavy atom. The van der Waals surface area contributed by atoms with Gasteiger partial charge >= 0.3 is 11.8 Å². The Labute approximate surface area is 145 Å². The number of pyridine rings is 1. The van der Waals surface area contributed by atoms with Gasteiger partial charge in [-0.25, -0.2) is 0 Å². The summed E-state index contributed by atoms with van der Waals surface area (Å²) in [5.74, 6) is -1.87. The van der Waals surface area contributed by atoms with E-state index >= 15 is 0 Å². The first kappa shape index (κ1) is 18.1. The first-order valence-electron chi connectivity index (χ1n) is 7.90. The highest BCUT2D eigenvalue weighted by Crippen LogP contribution is 2.10. The largest absolute Gasteiger partial charge is 0.366 e. The summed E-state index contributed by atoms with van der Waals surface area (Å²) < 4.78 is 0. The molecule has 2 rings (SSSR count). The topological polar surface area (TPSA) is 105 Å². The first-order chi connectivity index (χ1) is 12.0. The van der Waals surface area contributed by atoms with Crippen LogP contribution in [0.25, 0.3) is 0 Å². The molecule has 0 radical (unpaired) electrons. The van der Waals surface area contributed by atoms with Gasteiger partial charge in [0.25, 0.3) is 0 Å². The van der Waals surface area contributed by atoms with E-state index in [1.165, 1.54) is 29.2 Å². The first-order valence-corrected chi connectivity index (χ1v) is 7.90. The number of benzene rings is 1. The van der Waals surface area contributed by atoms with E-state index in [9.17, 15) is 14.4 Å². The number of amides is 3. The summed E-state index contributed by atoms with van der Waals surface area (Å²) in [6.45, 7) is 2.69. The third kappa shape index (κ3) is 5.13. The van der Waals surface area contributed by atoms with Crippen molar-refractivity contribution in [2.45, 2.75) is 13.3 Å². The van der Waals surface area contributed by atoms with E-state index in [1.807, 2.05) is 19.1 Å². The SMILES string of the molecule is CCN(CCc1ccncc1)C(=O)C(=O)Nc1ccc(C(N)=O)cc1. The van der Waals surface area contributed by atoms with E-state index in [-0.39, 0.29) is 0 Å². The highest BCUT2D eigenvalue weighted by atomic mass is 16.2. The molecule has 7 heteroatoms. The number of likely N-dealkylation sites (N-methyl/N-ethyl adjacent to an activating group) is 1. The third-order valence-corrected chi connectivity index (χ3v) is 3.71. The van der Waals surface area contributed by atoms with Crippen LogP contribution in [0.4, 0.5) is 5.69 Å². The molecule has 7 nitrogen and oxygen atoms in total. The Hall–Kier alpha value is -3.22. The fraction of sp³-hybridized carbons (Fsp3) is 0.222. The van der Waals surface area contributed by atoms with Gasteiger partial charge in [0.1, 0.15) is 0 Å². The number of nitrogens with one attached hydrogen (secondary N) is 1. The van der Waals surface area contributed by atoms with Gasteiger partial charge in [-0.05, 0) is 55.3 Å². The zero-order chi connectivity index (χ0) is 18.2. The number of nitrogens with two attached hydrogens (primary N) is 1. The van der Waals surface area contributed by atoms with Crippen LogP contribution in [-0.4, -0.2) is 40.7 Å².